The SMILES string of the molecule is O=C1OC[C@H](Cc2ccccc2)N1[C@@H]1CCC=NN1. The molecule has 0 aromatic heterocycles. The molecule has 2 aliphatic rings. The topological polar surface area (TPSA) is 53.9 Å². The molecule has 1 amide bonds. The van der Waals surface area contributed by atoms with E-state index >= 15 is 0 Å². The van der Waals surface area contributed by atoms with Crippen LogP contribution in [0.15, 0.2) is 35.4 Å². The molecule has 19 heavy (non-hydrogen) atoms. The van der Waals surface area contributed by atoms with Gasteiger partial charge < -0.3 is 4.74 Å². The second-order valence-corrected chi connectivity index (χ2v) is 4.86. The normalized spacial score (nSPS) is 26.1. The first-order valence-electron chi connectivity index (χ1n) is 6.60. The molecule has 1 aromatic rings. The fraction of sp³-hybridized carbons (Fsp3) is 0.429. The number of benzene rings is 1. The van der Waals surface area contributed by atoms with Crippen molar-refractivity contribution in [3.63, 3.8) is 0 Å². The summed E-state index contributed by atoms with van der Waals surface area (Å²) in [5, 5.41) is 4.05. The Balaban J connectivity index is 1.73. The van der Waals surface area contributed by atoms with Crippen molar-refractivity contribution >= 4 is 12.3 Å². The van der Waals surface area contributed by atoms with Crippen molar-refractivity contribution in [1.29, 1.82) is 0 Å². The van der Waals surface area contributed by atoms with Gasteiger partial charge in [-0.1, -0.05) is 30.3 Å². The Morgan fingerprint density at radius 3 is 2.95 bits per heavy atom. The van der Waals surface area contributed by atoms with Crippen LogP contribution in [0.5, 0.6) is 0 Å². The van der Waals surface area contributed by atoms with Crippen molar-refractivity contribution < 1.29 is 9.53 Å². The number of carbonyl (C=O) groups is 1. The van der Waals surface area contributed by atoms with Crippen LogP contribution in [0.25, 0.3) is 0 Å². The molecule has 5 nitrogen and oxygen atoms in total. The Morgan fingerprint density at radius 2 is 2.21 bits per heavy atom. The van der Waals surface area contributed by atoms with Gasteiger partial charge in [-0.2, -0.15) is 5.10 Å². The first-order valence-corrected chi connectivity index (χ1v) is 6.60. The van der Waals surface area contributed by atoms with E-state index in [0.717, 1.165) is 19.3 Å². The second-order valence-electron chi connectivity index (χ2n) is 4.86. The molecule has 1 fully saturated rings. The molecule has 0 unspecified atom stereocenters. The van der Waals surface area contributed by atoms with E-state index in [2.05, 4.69) is 22.7 Å². The van der Waals surface area contributed by atoms with Gasteiger partial charge in [-0.25, -0.2) is 4.79 Å². The molecule has 5 heteroatoms. The van der Waals surface area contributed by atoms with Crippen LogP contribution >= 0.6 is 0 Å². The van der Waals surface area contributed by atoms with Crippen LogP contribution in [-0.4, -0.2) is 36.0 Å². The van der Waals surface area contributed by atoms with Crippen LogP contribution in [0.4, 0.5) is 4.79 Å². The van der Waals surface area contributed by atoms with E-state index in [1.807, 2.05) is 24.4 Å². The summed E-state index contributed by atoms with van der Waals surface area (Å²) in [6, 6.07) is 10.3. The number of carbonyl (C=O) groups excluding carboxylic acids is 1. The highest BCUT2D eigenvalue weighted by atomic mass is 16.6. The molecule has 100 valence electrons. The van der Waals surface area contributed by atoms with Crippen molar-refractivity contribution in [2.45, 2.75) is 31.5 Å². The van der Waals surface area contributed by atoms with Gasteiger partial charge in [-0.3, -0.25) is 10.3 Å². The smallest absolute Gasteiger partial charge is 0.411 e. The third-order valence-corrected chi connectivity index (χ3v) is 3.54. The lowest BCUT2D eigenvalue weighted by Gasteiger charge is -2.31. The molecule has 1 aromatic carbocycles. The Hall–Kier alpha value is -2.04. The minimum Gasteiger partial charge on any atom is -0.447 e. The maximum Gasteiger partial charge on any atom is 0.411 e. The predicted molar refractivity (Wildman–Crippen MR) is 71.8 cm³/mol. The first-order chi connectivity index (χ1) is 9.34. The van der Waals surface area contributed by atoms with Crippen LogP contribution in [-0.2, 0) is 11.2 Å². The maximum absolute atomic E-state index is 11.9. The van der Waals surface area contributed by atoms with Crippen LogP contribution in [0.1, 0.15) is 18.4 Å². The molecule has 3 rings (SSSR count). The number of nitrogens with zero attached hydrogens (tertiary/aromatic N) is 2. The summed E-state index contributed by atoms with van der Waals surface area (Å²) >= 11 is 0. The number of amides is 1. The number of nitrogens with one attached hydrogen (secondary N) is 1. The van der Waals surface area contributed by atoms with Gasteiger partial charge in [0.15, 0.2) is 0 Å². The van der Waals surface area contributed by atoms with Gasteiger partial charge in [0.2, 0.25) is 0 Å². The Morgan fingerprint density at radius 1 is 1.37 bits per heavy atom. The zero-order valence-electron chi connectivity index (χ0n) is 10.7. The van der Waals surface area contributed by atoms with Gasteiger partial charge in [0.05, 0.1) is 6.04 Å². The highest BCUT2D eigenvalue weighted by molar-refractivity contribution is 5.71. The number of hydrazone groups is 1. The second kappa shape index (κ2) is 5.30. The van der Waals surface area contributed by atoms with E-state index in [9.17, 15) is 4.79 Å². The Labute approximate surface area is 112 Å². The molecule has 1 saturated heterocycles. The zero-order valence-corrected chi connectivity index (χ0v) is 10.7. The summed E-state index contributed by atoms with van der Waals surface area (Å²) in [4.78, 5) is 13.7. The van der Waals surface area contributed by atoms with Crippen molar-refractivity contribution in [2.24, 2.45) is 5.10 Å². The van der Waals surface area contributed by atoms with Crippen LogP contribution < -0.4 is 5.43 Å². The lowest BCUT2D eigenvalue weighted by Crippen LogP contribution is -2.50. The van der Waals surface area contributed by atoms with Gasteiger partial charge in [0.1, 0.15) is 12.8 Å². The molecule has 2 heterocycles. The number of hydrogen-bond donors (Lipinski definition) is 1. The van der Waals surface area contributed by atoms with E-state index in [0.29, 0.717) is 6.61 Å². The number of hydrogen-bond acceptors (Lipinski definition) is 4. The molecule has 0 radical (unpaired) electrons. The van der Waals surface area contributed by atoms with Crippen molar-refractivity contribution in [3.05, 3.63) is 35.9 Å². The highest BCUT2D eigenvalue weighted by Gasteiger charge is 2.38. The minimum atomic E-state index is -0.240. The zero-order chi connectivity index (χ0) is 13.1. The predicted octanol–water partition coefficient (Wildman–Crippen LogP) is 1.75. The van der Waals surface area contributed by atoms with E-state index in [1.165, 1.54) is 5.56 Å². The van der Waals surface area contributed by atoms with Crippen molar-refractivity contribution in [2.75, 3.05) is 6.61 Å². The molecule has 0 aliphatic carbocycles. The Bertz CT molecular complexity index is 475. The quantitative estimate of drug-likeness (QED) is 0.899. The molecule has 2 aliphatic heterocycles. The average Bonchev–Trinajstić information content (AvgIpc) is 2.82. The standard InChI is InChI=1S/C14H17N3O2/c18-14-17(13-7-4-8-15-16-13)12(10-19-14)9-11-5-2-1-3-6-11/h1-3,5-6,8,12-13,16H,4,7,9-10H2/t12-,13+/m0/s1. The molecule has 0 spiro atoms. The number of ether oxygens (including phenoxy) is 1. The summed E-state index contributed by atoms with van der Waals surface area (Å²) in [5.74, 6) is 0. The van der Waals surface area contributed by atoms with E-state index in [1.54, 1.807) is 4.90 Å². The summed E-state index contributed by atoms with van der Waals surface area (Å²) in [7, 11) is 0. The number of cyclic esters (lactones) is 1. The van der Waals surface area contributed by atoms with Gasteiger partial charge in [0, 0.05) is 6.21 Å². The summed E-state index contributed by atoms with van der Waals surface area (Å²) in [6.45, 7) is 0.454. The Kier molecular flexibility index (Phi) is 3.35. The minimum absolute atomic E-state index is 0.0475. The first kappa shape index (κ1) is 12.0. The van der Waals surface area contributed by atoms with Gasteiger partial charge in [-0.15, -0.1) is 0 Å². The fourth-order valence-corrected chi connectivity index (χ4v) is 2.60. The summed E-state index contributed by atoms with van der Waals surface area (Å²) in [6.07, 6.45) is 4.13. The summed E-state index contributed by atoms with van der Waals surface area (Å²) < 4.78 is 5.20. The molecule has 1 N–H and O–H groups in total. The fourth-order valence-electron chi connectivity index (χ4n) is 2.60. The monoisotopic (exact) mass is 259 g/mol. The van der Waals surface area contributed by atoms with Crippen molar-refractivity contribution in [3.8, 4) is 0 Å². The number of rotatable bonds is 3. The highest BCUT2D eigenvalue weighted by Crippen LogP contribution is 2.21. The third kappa shape index (κ3) is 2.54. The van der Waals surface area contributed by atoms with E-state index in [-0.39, 0.29) is 18.3 Å². The maximum atomic E-state index is 11.9. The largest absolute Gasteiger partial charge is 0.447 e. The molecule has 0 bridgehead atoms. The van der Waals surface area contributed by atoms with Gasteiger partial charge in [0.25, 0.3) is 0 Å². The molecular formula is C14H17N3O2. The molecule has 2 atom stereocenters. The van der Waals surface area contributed by atoms with Crippen LogP contribution in [0.2, 0.25) is 0 Å². The van der Waals surface area contributed by atoms with Gasteiger partial charge in [-0.05, 0) is 24.8 Å². The van der Waals surface area contributed by atoms with Gasteiger partial charge >= 0.3 is 6.09 Å². The van der Waals surface area contributed by atoms with Crippen LogP contribution in [0.3, 0.4) is 0 Å². The third-order valence-electron chi connectivity index (χ3n) is 3.54. The lowest BCUT2D eigenvalue weighted by molar-refractivity contribution is 0.130. The van der Waals surface area contributed by atoms with Crippen LogP contribution in [0, 0.1) is 0 Å². The average molecular weight is 259 g/mol. The van der Waals surface area contributed by atoms with E-state index in [4.69, 9.17) is 4.74 Å². The summed E-state index contributed by atoms with van der Waals surface area (Å²) in [5.41, 5.74) is 4.22. The lowest BCUT2D eigenvalue weighted by atomic mass is 10.0. The van der Waals surface area contributed by atoms with E-state index < -0.39 is 0 Å². The molecular weight excluding hydrogens is 242 g/mol. The van der Waals surface area contributed by atoms with Crippen molar-refractivity contribution in [1.82, 2.24) is 10.3 Å². The molecule has 0 saturated carbocycles.